The van der Waals surface area contributed by atoms with Crippen LogP contribution in [-0.2, 0) is 0 Å². The van der Waals surface area contributed by atoms with E-state index in [0.29, 0.717) is 24.5 Å². The minimum atomic E-state index is -0.156. The lowest BCUT2D eigenvalue weighted by atomic mass is 10.2. The van der Waals surface area contributed by atoms with Gasteiger partial charge in [-0.1, -0.05) is 19.9 Å². The average Bonchev–Trinajstić information content (AvgIpc) is 2.50. The molecule has 1 aromatic carbocycles. The van der Waals surface area contributed by atoms with E-state index in [1.807, 2.05) is 32.9 Å². The Labute approximate surface area is 138 Å². The Hall–Kier alpha value is -2.24. The molecule has 0 aliphatic rings. The van der Waals surface area contributed by atoms with Crippen molar-refractivity contribution in [2.24, 2.45) is 0 Å². The molecular weight excluding hydrogens is 292 g/mol. The highest BCUT2D eigenvalue weighted by Gasteiger charge is 2.12. The summed E-state index contributed by atoms with van der Waals surface area (Å²) >= 11 is 0. The van der Waals surface area contributed by atoms with Crippen molar-refractivity contribution in [2.45, 2.75) is 33.6 Å². The molecule has 0 atom stereocenters. The summed E-state index contributed by atoms with van der Waals surface area (Å²) in [6, 6.07) is 5.19. The molecule has 0 radical (unpaired) electrons. The molecule has 0 aromatic heterocycles. The van der Waals surface area contributed by atoms with Gasteiger partial charge in [0.05, 0.1) is 0 Å². The van der Waals surface area contributed by atoms with Crippen LogP contribution in [0.15, 0.2) is 18.2 Å². The molecule has 4 amide bonds. The van der Waals surface area contributed by atoms with Crippen LogP contribution in [0.3, 0.4) is 0 Å². The Morgan fingerprint density at radius 3 is 2.00 bits per heavy atom. The summed E-state index contributed by atoms with van der Waals surface area (Å²) in [5.74, 6) is 0. The van der Waals surface area contributed by atoms with Gasteiger partial charge in [0.25, 0.3) is 0 Å². The fourth-order valence-corrected chi connectivity index (χ4v) is 2.14. The van der Waals surface area contributed by atoms with Crippen LogP contribution in [0.1, 0.15) is 32.3 Å². The van der Waals surface area contributed by atoms with Gasteiger partial charge in [0.15, 0.2) is 0 Å². The zero-order chi connectivity index (χ0) is 17.4. The van der Waals surface area contributed by atoms with Crippen LogP contribution in [0.25, 0.3) is 0 Å². The molecule has 0 aliphatic heterocycles. The Kier molecular flexibility index (Phi) is 7.38. The van der Waals surface area contributed by atoms with Crippen LogP contribution in [0.5, 0.6) is 0 Å². The molecule has 0 bridgehead atoms. The summed E-state index contributed by atoms with van der Waals surface area (Å²) in [5, 5.41) is 5.73. The first-order valence-corrected chi connectivity index (χ1v) is 8.03. The van der Waals surface area contributed by atoms with Crippen LogP contribution in [0.2, 0.25) is 0 Å². The first kappa shape index (κ1) is 18.8. The lowest BCUT2D eigenvalue weighted by Crippen LogP contribution is -2.32. The topological polar surface area (TPSA) is 64.7 Å². The third kappa shape index (κ3) is 5.81. The normalized spacial score (nSPS) is 10.1. The second-order valence-electron chi connectivity index (χ2n) is 5.73. The molecule has 6 heteroatoms. The van der Waals surface area contributed by atoms with E-state index in [1.54, 1.807) is 30.0 Å². The van der Waals surface area contributed by atoms with E-state index in [2.05, 4.69) is 10.6 Å². The Morgan fingerprint density at radius 1 is 0.957 bits per heavy atom. The number of benzene rings is 1. The molecule has 2 N–H and O–H groups in total. The van der Waals surface area contributed by atoms with Gasteiger partial charge in [-0.2, -0.15) is 0 Å². The Morgan fingerprint density at radius 2 is 1.48 bits per heavy atom. The zero-order valence-corrected chi connectivity index (χ0v) is 14.8. The van der Waals surface area contributed by atoms with E-state index in [4.69, 9.17) is 0 Å². The molecule has 0 saturated heterocycles. The van der Waals surface area contributed by atoms with Crippen molar-refractivity contribution in [1.82, 2.24) is 9.80 Å². The summed E-state index contributed by atoms with van der Waals surface area (Å²) in [7, 11) is 3.52. The summed E-state index contributed by atoms with van der Waals surface area (Å²) in [6.45, 7) is 7.37. The average molecular weight is 320 g/mol. The third-order valence-corrected chi connectivity index (χ3v) is 3.54. The number of carbonyl (C=O) groups excluding carboxylic acids is 2. The van der Waals surface area contributed by atoms with Gasteiger partial charge < -0.3 is 20.4 Å². The van der Waals surface area contributed by atoms with Crippen LogP contribution < -0.4 is 10.6 Å². The molecule has 0 spiro atoms. The molecule has 128 valence electrons. The second-order valence-corrected chi connectivity index (χ2v) is 5.73. The molecule has 0 aliphatic carbocycles. The van der Waals surface area contributed by atoms with Crippen molar-refractivity contribution in [1.29, 1.82) is 0 Å². The molecule has 0 unspecified atom stereocenters. The van der Waals surface area contributed by atoms with Gasteiger partial charge in [0.1, 0.15) is 0 Å². The van der Waals surface area contributed by atoms with Crippen molar-refractivity contribution in [3.63, 3.8) is 0 Å². The monoisotopic (exact) mass is 320 g/mol. The number of anilines is 2. The molecular formula is C17H28N4O2. The van der Waals surface area contributed by atoms with E-state index >= 15 is 0 Å². The van der Waals surface area contributed by atoms with Gasteiger partial charge in [0, 0.05) is 38.6 Å². The van der Waals surface area contributed by atoms with Gasteiger partial charge in [-0.3, -0.25) is 0 Å². The second kappa shape index (κ2) is 9.02. The first-order chi connectivity index (χ1) is 10.9. The van der Waals surface area contributed by atoms with Gasteiger partial charge in [-0.25, -0.2) is 9.59 Å². The molecule has 0 saturated carbocycles. The predicted molar refractivity (Wildman–Crippen MR) is 95.1 cm³/mol. The maximum absolute atomic E-state index is 12.1. The number of aryl methyl sites for hydroxylation is 1. The van der Waals surface area contributed by atoms with Crippen LogP contribution in [-0.4, -0.2) is 49.0 Å². The van der Waals surface area contributed by atoms with Crippen LogP contribution in [0, 0.1) is 6.92 Å². The molecule has 0 fully saturated rings. The molecule has 23 heavy (non-hydrogen) atoms. The smallest absolute Gasteiger partial charge is 0.321 e. The minimum absolute atomic E-state index is 0.151. The number of amides is 4. The van der Waals surface area contributed by atoms with Crippen molar-refractivity contribution in [3.05, 3.63) is 23.8 Å². The third-order valence-electron chi connectivity index (χ3n) is 3.54. The Balaban J connectivity index is 2.79. The first-order valence-electron chi connectivity index (χ1n) is 8.03. The largest absolute Gasteiger partial charge is 0.328 e. The van der Waals surface area contributed by atoms with Crippen molar-refractivity contribution in [3.8, 4) is 0 Å². The summed E-state index contributed by atoms with van der Waals surface area (Å²) < 4.78 is 0. The molecule has 1 aromatic rings. The van der Waals surface area contributed by atoms with Crippen LogP contribution >= 0.6 is 0 Å². The maximum atomic E-state index is 12.1. The summed E-state index contributed by atoms with van der Waals surface area (Å²) in [6.07, 6.45) is 1.81. The lowest BCUT2D eigenvalue weighted by Gasteiger charge is -2.20. The van der Waals surface area contributed by atoms with E-state index in [-0.39, 0.29) is 12.1 Å². The van der Waals surface area contributed by atoms with E-state index < -0.39 is 0 Å². The highest BCUT2D eigenvalue weighted by atomic mass is 16.2. The quantitative estimate of drug-likeness (QED) is 0.838. The van der Waals surface area contributed by atoms with Gasteiger partial charge in [-0.15, -0.1) is 0 Å². The fourth-order valence-electron chi connectivity index (χ4n) is 2.14. The number of nitrogens with one attached hydrogen (secondary N) is 2. The summed E-state index contributed by atoms with van der Waals surface area (Å²) in [4.78, 5) is 27.4. The van der Waals surface area contributed by atoms with Gasteiger partial charge in [0.2, 0.25) is 0 Å². The number of hydrogen-bond donors (Lipinski definition) is 2. The van der Waals surface area contributed by atoms with Crippen molar-refractivity contribution < 1.29 is 9.59 Å². The minimum Gasteiger partial charge on any atom is -0.328 e. The predicted octanol–water partition coefficient (Wildman–Crippen LogP) is 3.74. The number of urea groups is 2. The highest BCUT2D eigenvalue weighted by Crippen LogP contribution is 2.21. The molecule has 1 rings (SSSR count). The lowest BCUT2D eigenvalue weighted by molar-refractivity contribution is 0.222. The van der Waals surface area contributed by atoms with E-state index in [0.717, 1.165) is 18.4 Å². The number of carbonyl (C=O) groups is 2. The van der Waals surface area contributed by atoms with Crippen LogP contribution in [0.4, 0.5) is 21.0 Å². The number of hydrogen-bond acceptors (Lipinski definition) is 2. The standard InChI is InChI=1S/C17H28N4O2/c1-6-10-20(4)16(22)18-14-9-8-13(3)15(12-14)19-17(23)21(5)11-7-2/h8-9,12H,6-7,10-11H2,1-5H3,(H,18,22)(H,19,23). The Bertz CT molecular complexity index is 545. The SMILES string of the molecule is CCCN(C)C(=O)Nc1ccc(C)c(NC(=O)N(C)CCC)c1. The molecule has 6 nitrogen and oxygen atoms in total. The summed E-state index contributed by atoms with van der Waals surface area (Å²) in [5.41, 5.74) is 2.31. The highest BCUT2D eigenvalue weighted by molar-refractivity contribution is 5.93. The van der Waals surface area contributed by atoms with E-state index in [1.165, 1.54) is 0 Å². The van der Waals surface area contributed by atoms with Gasteiger partial charge >= 0.3 is 12.1 Å². The van der Waals surface area contributed by atoms with Crippen molar-refractivity contribution >= 4 is 23.4 Å². The van der Waals surface area contributed by atoms with E-state index in [9.17, 15) is 9.59 Å². The van der Waals surface area contributed by atoms with Crippen molar-refractivity contribution in [2.75, 3.05) is 37.8 Å². The molecule has 0 heterocycles. The van der Waals surface area contributed by atoms with Gasteiger partial charge in [-0.05, 0) is 37.5 Å². The maximum Gasteiger partial charge on any atom is 0.321 e. The number of rotatable bonds is 6. The fraction of sp³-hybridized carbons (Fsp3) is 0.529. The number of nitrogens with zero attached hydrogens (tertiary/aromatic N) is 2. The zero-order valence-electron chi connectivity index (χ0n) is 14.8.